The van der Waals surface area contributed by atoms with Crippen molar-refractivity contribution in [1.82, 2.24) is 5.32 Å². The van der Waals surface area contributed by atoms with Crippen molar-refractivity contribution in [2.75, 3.05) is 12.3 Å². The SMILES string of the molecule is CC(C)C(C)(CN)NC(=O)CSC(F)(F)F. The van der Waals surface area contributed by atoms with Crippen LogP contribution in [0.3, 0.4) is 0 Å². The number of alkyl halides is 3. The molecule has 0 radical (unpaired) electrons. The Morgan fingerprint density at radius 3 is 2.25 bits per heavy atom. The molecule has 0 aliphatic carbocycles. The first-order valence-electron chi connectivity index (χ1n) is 4.82. The van der Waals surface area contributed by atoms with Gasteiger partial charge in [0, 0.05) is 6.54 Å². The Hall–Kier alpha value is -0.430. The number of rotatable bonds is 5. The first kappa shape index (κ1) is 15.6. The number of hydrogen-bond donors (Lipinski definition) is 2. The molecule has 3 nitrogen and oxygen atoms in total. The summed E-state index contributed by atoms with van der Waals surface area (Å²) in [5.74, 6) is -1.23. The quantitative estimate of drug-likeness (QED) is 0.789. The van der Waals surface area contributed by atoms with E-state index in [1.165, 1.54) is 0 Å². The summed E-state index contributed by atoms with van der Waals surface area (Å²) in [6.45, 7) is 5.61. The highest BCUT2D eigenvalue weighted by Gasteiger charge is 2.32. The lowest BCUT2D eigenvalue weighted by atomic mass is 9.88. The number of halogens is 3. The predicted octanol–water partition coefficient (Wildman–Crippen LogP) is 1.73. The number of nitrogens with one attached hydrogen (secondary N) is 1. The van der Waals surface area contributed by atoms with Crippen molar-refractivity contribution in [3.63, 3.8) is 0 Å². The molecule has 16 heavy (non-hydrogen) atoms. The van der Waals surface area contributed by atoms with Crippen molar-refractivity contribution in [3.05, 3.63) is 0 Å². The zero-order valence-electron chi connectivity index (χ0n) is 9.52. The average molecular weight is 258 g/mol. The lowest BCUT2D eigenvalue weighted by Gasteiger charge is -2.33. The zero-order chi connectivity index (χ0) is 13.0. The van der Waals surface area contributed by atoms with Gasteiger partial charge >= 0.3 is 5.51 Å². The van der Waals surface area contributed by atoms with Crippen molar-refractivity contribution >= 4 is 17.7 Å². The Morgan fingerprint density at radius 2 is 1.94 bits per heavy atom. The highest BCUT2D eigenvalue weighted by atomic mass is 32.2. The Kier molecular flexibility index (Phi) is 5.61. The van der Waals surface area contributed by atoms with E-state index in [9.17, 15) is 18.0 Å². The molecule has 0 rings (SSSR count). The summed E-state index contributed by atoms with van der Waals surface area (Å²) in [5, 5.41) is 2.53. The van der Waals surface area contributed by atoms with Gasteiger partial charge in [-0.1, -0.05) is 13.8 Å². The molecule has 0 spiro atoms. The maximum absolute atomic E-state index is 11.8. The molecule has 1 atom stereocenters. The number of nitrogens with two attached hydrogens (primary N) is 1. The molecule has 0 heterocycles. The van der Waals surface area contributed by atoms with Crippen LogP contribution in [0, 0.1) is 5.92 Å². The number of carbonyl (C=O) groups excluding carboxylic acids is 1. The van der Waals surface area contributed by atoms with Crippen molar-refractivity contribution in [2.45, 2.75) is 31.8 Å². The summed E-state index contributed by atoms with van der Waals surface area (Å²) < 4.78 is 35.5. The van der Waals surface area contributed by atoms with Gasteiger partial charge in [-0.05, 0) is 24.6 Å². The minimum Gasteiger partial charge on any atom is -0.349 e. The van der Waals surface area contributed by atoms with Crippen molar-refractivity contribution in [1.29, 1.82) is 0 Å². The van der Waals surface area contributed by atoms with Gasteiger partial charge in [0.25, 0.3) is 0 Å². The molecule has 1 amide bonds. The van der Waals surface area contributed by atoms with E-state index in [0.717, 1.165) is 0 Å². The molecule has 0 bridgehead atoms. The van der Waals surface area contributed by atoms with Gasteiger partial charge in [0.1, 0.15) is 0 Å². The maximum Gasteiger partial charge on any atom is 0.442 e. The third-order valence-corrected chi connectivity index (χ3v) is 3.22. The second-order valence-corrected chi connectivity index (χ2v) is 5.10. The summed E-state index contributed by atoms with van der Waals surface area (Å²) in [6, 6.07) is 0. The van der Waals surface area contributed by atoms with Crippen LogP contribution in [-0.2, 0) is 4.79 Å². The summed E-state index contributed by atoms with van der Waals surface area (Å²) >= 11 is -0.348. The topological polar surface area (TPSA) is 55.1 Å². The van der Waals surface area contributed by atoms with Crippen LogP contribution in [0.25, 0.3) is 0 Å². The van der Waals surface area contributed by atoms with Crippen LogP contribution >= 0.6 is 11.8 Å². The van der Waals surface area contributed by atoms with E-state index in [1.54, 1.807) is 6.92 Å². The second kappa shape index (κ2) is 5.77. The summed E-state index contributed by atoms with van der Waals surface area (Å²) in [6.07, 6.45) is 0. The smallest absolute Gasteiger partial charge is 0.349 e. The second-order valence-electron chi connectivity index (χ2n) is 4.06. The van der Waals surface area contributed by atoms with Gasteiger partial charge < -0.3 is 11.1 Å². The van der Waals surface area contributed by atoms with E-state index in [2.05, 4.69) is 5.32 Å². The summed E-state index contributed by atoms with van der Waals surface area (Å²) in [7, 11) is 0. The van der Waals surface area contributed by atoms with Crippen LogP contribution in [0.4, 0.5) is 13.2 Å². The van der Waals surface area contributed by atoms with E-state index in [-0.39, 0.29) is 24.2 Å². The van der Waals surface area contributed by atoms with Gasteiger partial charge in [-0.25, -0.2) is 0 Å². The summed E-state index contributed by atoms with van der Waals surface area (Å²) in [4.78, 5) is 11.3. The molecule has 7 heteroatoms. The normalized spacial score (nSPS) is 16.0. The molecule has 0 aromatic rings. The molecule has 0 aromatic carbocycles. The number of thioether (sulfide) groups is 1. The Morgan fingerprint density at radius 1 is 1.44 bits per heavy atom. The number of carbonyl (C=O) groups is 1. The Labute approximate surface area is 97.3 Å². The van der Waals surface area contributed by atoms with E-state index in [0.29, 0.717) is 0 Å². The minimum absolute atomic E-state index is 0.0531. The molecule has 3 N–H and O–H groups in total. The lowest BCUT2D eigenvalue weighted by molar-refractivity contribution is -0.121. The zero-order valence-corrected chi connectivity index (χ0v) is 10.3. The molecule has 0 saturated carbocycles. The van der Waals surface area contributed by atoms with Gasteiger partial charge in [-0.15, -0.1) is 0 Å². The Balaban J connectivity index is 4.23. The predicted molar refractivity (Wildman–Crippen MR) is 59.0 cm³/mol. The first-order chi connectivity index (χ1) is 7.10. The average Bonchev–Trinajstić information content (AvgIpc) is 2.13. The Bertz CT molecular complexity index is 245. The van der Waals surface area contributed by atoms with Gasteiger partial charge in [-0.3, -0.25) is 4.79 Å². The van der Waals surface area contributed by atoms with Crippen molar-refractivity contribution in [3.8, 4) is 0 Å². The summed E-state index contributed by atoms with van der Waals surface area (Å²) in [5.41, 5.74) is 0.450. The van der Waals surface area contributed by atoms with E-state index >= 15 is 0 Å². The van der Waals surface area contributed by atoms with Crippen LogP contribution in [0.15, 0.2) is 0 Å². The lowest BCUT2D eigenvalue weighted by Crippen LogP contribution is -2.55. The third-order valence-electron chi connectivity index (χ3n) is 2.49. The molecule has 0 aromatic heterocycles. The van der Waals surface area contributed by atoms with Gasteiger partial charge in [0.05, 0.1) is 11.3 Å². The monoisotopic (exact) mass is 258 g/mol. The van der Waals surface area contributed by atoms with Gasteiger partial charge in [0.15, 0.2) is 0 Å². The van der Waals surface area contributed by atoms with E-state index in [4.69, 9.17) is 5.73 Å². The van der Waals surface area contributed by atoms with Crippen LogP contribution < -0.4 is 11.1 Å². The molecular weight excluding hydrogens is 241 g/mol. The number of hydrogen-bond acceptors (Lipinski definition) is 3. The van der Waals surface area contributed by atoms with Crippen LogP contribution in [-0.4, -0.2) is 29.3 Å². The van der Waals surface area contributed by atoms with E-state index < -0.39 is 22.7 Å². The van der Waals surface area contributed by atoms with Crippen LogP contribution in [0.2, 0.25) is 0 Å². The standard InChI is InChI=1S/C9H17F3N2OS/c1-6(2)8(3,5-13)14-7(15)4-16-9(10,11)12/h6H,4-5,13H2,1-3H3,(H,14,15). The highest BCUT2D eigenvalue weighted by Crippen LogP contribution is 2.29. The van der Waals surface area contributed by atoms with Crippen molar-refractivity contribution < 1.29 is 18.0 Å². The highest BCUT2D eigenvalue weighted by molar-refractivity contribution is 8.00. The van der Waals surface area contributed by atoms with E-state index in [1.807, 2.05) is 13.8 Å². The largest absolute Gasteiger partial charge is 0.442 e. The van der Waals surface area contributed by atoms with Crippen LogP contribution in [0.1, 0.15) is 20.8 Å². The minimum atomic E-state index is -4.38. The van der Waals surface area contributed by atoms with Crippen molar-refractivity contribution in [2.24, 2.45) is 11.7 Å². The van der Waals surface area contributed by atoms with Gasteiger partial charge in [-0.2, -0.15) is 13.2 Å². The fourth-order valence-corrected chi connectivity index (χ4v) is 1.30. The van der Waals surface area contributed by atoms with Crippen LogP contribution in [0.5, 0.6) is 0 Å². The molecule has 0 saturated heterocycles. The molecular formula is C9H17F3N2OS. The molecule has 96 valence electrons. The number of amides is 1. The fourth-order valence-electron chi connectivity index (χ4n) is 0.933. The first-order valence-corrected chi connectivity index (χ1v) is 5.81. The molecule has 1 unspecified atom stereocenters. The fraction of sp³-hybridized carbons (Fsp3) is 0.889. The molecule has 0 aliphatic heterocycles. The maximum atomic E-state index is 11.8. The molecule has 0 fully saturated rings. The third kappa shape index (κ3) is 5.60. The van der Waals surface area contributed by atoms with Gasteiger partial charge in [0.2, 0.25) is 5.91 Å². The molecule has 0 aliphatic rings.